The van der Waals surface area contributed by atoms with Crippen LogP contribution in [0.15, 0.2) is 29.2 Å². The van der Waals surface area contributed by atoms with Gasteiger partial charge in [0.25, 0.3) is 0 Å². The van der Waals surface area contributed by atoms with Gasteiger partial charge in [0.05, 0.1) is 6.54 Å². The van der Waals surface area contributed by atoms with Crippen LogP contribution in [0.1, 0.15) is 5.56 Å². The Kier molecular flexibility index (Phi) is 8.94. The molecule has 0 aliphatic carbocycles. The number of halogens is 1. The summed E-state index contributed by atoms with van der Waals surface area (Å²) >= 11 is 1.75. The third-order valence-electron chi connectivity index (χ3n) is 2.05. The topological polar surface area (TPSA) is 41.1 Å². The minimum Gasteiger partial charge on any atom is -0.354 e. The maximum Gasteiger partial charge on any atom is 0.233 e. The van der Waals surface area contributed by atoms with Gasteiger partial charge in [-0.2, -0.15) is 0 Å². The zero-order valence-corrected chi connectivity index (χ0v) is 11.8. The van der Waals surface area contributed by atoms with Gasteiger partial charge < -0.3 is 10.6 Å². The van der Waals surface area contributed by atoms with Crippen molar-refractivity contribution < 1.29 is 4.79 Å². The number of nitrogens with one attached hydrogen (secondary N) is 2. The van der Waals surface area contributed by atoms with Crippen molar-refractivity contribution in [1.82, 2.24) is 10.6 Å². The monoisotopic (exact) mass is 274 g/mol. The van der Waals surface area contributed by atoms with Crippen LogP contribution in [0.3, 0.4) is 0 Å². The average Bonchev–Trinajstić information content (AvgIpc) is 2.27. The molecule has 0 atom stereocenters. The van der Waals surface area contributed by atoms with Gasteiger partial charge in [-0.15, -0.1) is 24.2 Å². The smallest absolute Gasteiger partial charge is 0.233 e. The largest absolute Gasteiger partial charge is 0.354 e. The molecule has 3 nitrogen and oxygen atoms in total. The Hall–Kier alpha value is -0.710. The van der Waals surface area contributed by atoms with Gasteiger partial charge in [-0.3, -0.25) is 4.79 Å². The van der Waals surface area contributed by atoms with Crippen LogP contribution in [0, 0.1) is 6.92 Å². The van der Waals surface area contributed by atoms with Crippen molar-refractivity contribution in [2.24, 2.45) is 0 Å². The first-order valence-electron chi connectivity index (χ1n) is 5.33. The van der Waals surface area contributed by atoms with Crippen molar-refractivity contribution in [3.8, 4) is 0 Å². The minimum absolute atomic E-state index is 0. The van der Waals surface area contributed by atoms with E-state index < -0.39 is 0 Å². The molecule has 5 heteroatoms. The van der Waals surface area contributed by atoms with Crippen LogP contribution >= 0.6 is 24.2 Å². The number of carbonyl (C=O) groups is 1. The summed E-state index contributed by atoms with van der Waals surface area (Å²) < 4.78 is 0. The zero-order chi connectivity index (χ0) is 11.8. The summed E-state index contributed by atoms with van der Waals surface area (Å²) in [6, 6.07) is 8.41. The normalized spacial score (nSPS) is 9.53. The summed E-state index contributed by atoms with van der Waals surface area (Å²) in [5.74, 6) is 0.949. The predicted octanol–water partition coefficient (Wildman–Crippen LogP) is 1.84. The van der Waals surface area contributed by atoms with Crippen LogP contribution in [0.2, 0.25) is 0 Å². The molecule has 0 aliphatic heterocycles. The molecular weight excluding hydrogens is 256 g/mol. The second kappa shape index (κ2) is 9.33. The molecule has 0 heterocycles. The number of rotatable bonds is 6. The van der Waals surface area contributed by atoms with E-state index in [4.69, 9.17) is 0 Å². The second-order valence-corrected chi connectivity index (χ2v) is 4.71. The first kappa shape index (κ1) is 16.3. The van der Waals surface area contributed by atoms with Gasteiger partial charge in [0.15, 0.2) is 0 Å². The van der Waals surface area contributed by atoms with Crippen molar-refractivity contribution in [2.45, 2.75) is 11.8 Å². The summed E-state index contributed by atoms with van der Waals surface area (Å²) in [6.45, 7) is 3.17. The molecule has 0 radical (unpaired) electrons. The maximum atomic E-state index is 11.1. The number of thioether (sulfide) groups is 1. The van der Waals surface area contributed by atoms with Gasteiger partial charge >= 0.3 is 0 Å². The van der Waals surface area contributed by atoms with Crippen LogP contribution in [0.5, 0.6) is 0 Å². The Morgan fingerprint density at radius 1 is 1.29 bits per heavy atom. The highest BCUT2D eigenvalue weighted by Crippen LogP contribution is 2.17. The summed E-state index contributed by atoms with van der Waals surface area (Å²) in [6.07, 6.45) is 0. The summed E-state index contributed by atoms with van der Waals surface area (Å²) in [5.41, 5.74) is 1.27. The highest BCUT2D eigenvalue weighted by molar-refractivity contribution is 7.99. The molecule has 1 aromatic carbocycles. The minimum atomic E-state index is 0. The van der Waals surface area contributed by atoms with E-state index in [9.17, 15) is 4.79 Å². The van der Waals surface area contributed by atoms with Crippen molar-refractivity contribution >= 4 is 30.1 Å². The van der Waals surface area contributed by atoms with Gasteiger partial charge in [0.1, 0.15) is 0 Å². The van der Waals surface area contributed by atoms with Crippen LogP contribution < -0.4 is 10.6 Å². The average molecular weight is 275 g/mol. The van der Waals surface area contributed by atoms with E-state index in [2.05, 4.69) is 41.8 Å². The number of amides is 1. The third kappa shape index (κ3) is 7.26. The van der Waals surface area contributed by atoms with Gasteiger partial charge in [-0.05, 0) is 26.1 Å². The van der Waals surface area contributed by atoms with E-state index in [1.165, 1.54) is 10.5 Å². The molecule has 0 aromatic heterocycles. The summed E-state index contributed by atoms with van der Waals surface area (Å²) in [4.78, 5) is 12.4. The molecule has 0 spiro atoms. The first-order valence-corrected chi connectivity index (χ1v) is 6.31. The van der Waals surface area contributed by atoms with E-state index in [-0.39, 0.29) is 18.3 Å². The van der Waals surface area contributed by atoms with E-state index >= 15 is 0 Å². The van der Waals surface area contributed by atoms with Gasteiger partial charge in [-0.25, -0.2) is 0 Å². The van der Waals surface area contributed by atoms with Crippen LogP contribution in [-0.2, 0) is 4.79 Å². The SMILES string of the molecule is CNCC(=O)NCCSc1ccc(C)cc1.Cl. The molecule has 0 bridgehead atoms. The lowest BCUT2D eigenvalue weighted by atomic mass is 10.2. The Labute approximate surface area is 113 Å². The Bertz CT molecular complexity index is 330. The highest BCUT2D eigenvalue weighted by Gasteiger charge is 1.98. The fraction of sp³-hybridized carbons (Fsp3) is 0.417. The lowest BCUT2D eigenvalue weighted by molar-refractivity contribution is -0.120. The Balaban J connectivity index is 0.00000256. The molecule has 96 valence electrons. The van der Waals surface area contributed by atoms with Crippen LogP contribution in [0.4, 0.5) is 0 Å². The Morgan fingerprint density at radius 2 is 1.94 bits per heavy atom. The first-order chi connectivity index (χ1) is 7.72. The number of aryl methyl sites for hydroxylation is 1. The molecule has 2 N–H and O–H groups in total. The van der Waals surface area contributed by atoms with E-state index in [1.807, 2.05) is 0 Å². The summed E-state index contributed by atoms with van der Waals surface area (Å²) in [7, 11) is 1.76. The van der Waals surface area contributed by atoms with Crippen molar-refractivity contribution in [1.29, 1.82) is 0 Å². The number of hydrogen-bond donors (Lipinski definition) is 2. The van der Waals surface area contributed by atoms with Gasteiger partial charge in [0.2, 0.25) is 5.91 Å². The fourth-order valence-corrected chi connectivity index (χ4v) is 1.99. The van der Waals surface area contributed by atoms with E-state index in [1.54, 1.807) is 18.8 Å². The predicted molar refractivity (Wildman–Crippen MR) is 76.1 cm³/mol. The zero-order valence-electron chi connectivity index (χ0n) is 10.2. The molecule has 0 unspecified atom stereocenters. The third-order valence-corrected chi connectivity index (χ3v) is 3.07. The lowest BCUT2D eigenvalue weighted by Crippen LogP contribution is -2.33. The van der Waals surface area contributed by atoms with Crippen molar-refractivity contribution in [3.05, 3.63) is 29.8 Å². The lowest BCUT2D eigenvalue weighted by Gasteiger charge is -2.04. The van der Waals surface area contributed by atoms with Crippen molar-refractivity contribution in [3.63, 3.8) is 0 Å². The Morgan fingerprint density at radius 3 is 2.53 bits per heavy atom. The number of hydrogen-bond acceptors (Lipinski definition) is 3. The molecule has 17 heavy (non-hydrogen) atoms. The number of benzene rings is 1. The molecule has 0 aliphatic rings. The molecule has 0 saturated heterocycles. The molecule has 0 saturated carbocycles. The van der Waals surface area contributed by atoms with E-state index in [0.29, 0.717) is 13.1 Å². The summed E-state index contributed by atoms with van der Waals surface area (Å²) in [5, 5.41) is 5.66. The molecule has 0 fully saturated rings. The quantitative estimate of drug-likeness (QED) is 0.614. The van der Waals surface area contributed by atoms with Crippen molar-refractivity contribution in [2.75, 3.05) is 25.9 Å². The number of carbonyl (C=O) groups excluding carboxylic acids is 1. The van der Waals surface area contributed by atoms with Gasteiger partial charge in [-0.1, -0.05) is 17.7 Å². The van der Waals surface area contributed by atoms with Crippen LogP contribution in [0.25, 0.3) is 0 Å². The molecule has 1 amide bonds. The standard InChI is InChI=1S/C12H18N2OS.ClH/c1-10-3-5-11(6-4-10)16-8-7-14-12(15)9-13-2;/h3-6,13H,7-9H2,1-2H3,(H,14,15);1H. The maximum absolute atomic E-state index is 11.1. The highest BCUT2D eigenvalue weighted by atomic mass is 35.5. The molecule has 1 aromatic rings. The fourth-order valence-electron chi connectivity index (χ4n) is 1.22. The number of likely N-dealkylation sites (N-methyl/N-ethyl adjacent to an activating group) is 1. The molecule has 1 rings (SSSR count). The van der Waals surface area contributed by atoms with E-state index in [0.717, 1.165) is 5.75 Å². The molecular formula is C12H19ClN2OS. The van der Waals surface area contributed by atoms with Crippen LogP contribution in [-0.4, -0.2) is 31.8 Å². The van der Waals surface area contributed by atoms with Gasteiger partial charge in [0, 0.05) is 17.2 Å². The second-order valence-electron chi connectivity index (χ2n) is 3.54.